The van der Waals surface area contributed by atoms with Crippen molar-refractivity contribution in [3.05, 3.63) is 30.1 Å². The van der Waals surface area contributed by atoms with E-state index in [0.29, 0.717) is 0 Å². The van der Waals surface area contributed by atoms with Crippen LogP contribution in [-0.2, 0) is 5.92 Å². The van der Waals surface area contributed by atoms with Crippen LogP contribution in [0.4, 0.5) is 8.78 Å². The summed E-state index contributed by atoms with van der Waals surface area (Å²) in [4.78, 5) is 3.45. The SMILES string of the molecule is [NH]CC(F)(F)c1ccccn1. The van der Waals surface area contributed by atoms with E-state index < -0.39 is 12.5 Å². The van der Waals surface area contributed by atoms with Crippen molar-refractivity contribution in [1.82, 2.24) is 10.7 Å². The fourth-order valence-electron chi connectivity index (χ4n) is 0.670. The molecule has 0 amide bonds. The van der Waals surface area contributed by atoms with Gasteiger partial charge in [-0.05, 0) is 12.1 Å². The fraction of sp³-hybridized carbons (Fsp3) is 0.286. The summed E-state index contributed by atoms with van der Waals surface area (Å²) in [5, 5.41) is 0. The van der Waals surface area contributed by atoms with Crippen molar-refractivity contribution in [1.29, 1.82) is 0 Å². The molecule has 0 saturated carbocycles. The van der Waals surface area contributed by atoms with E-state index >= 15 is 0 Å². The number of halogens is 2. The summed E-state index contributed by atoms with van der Waals surface area (Å²) in [5.74, 6) is -3.11. The number of hydrogen-bond donors (Lipinski definition) is 0. The zero-order chi connectivity index (χ0) is 8.32. The molecule has 1 aromatic heterocycles. The highest BCUT2D eigenvalue weighted by atomic mass is 19.3. The Bertz CT molecular complexity index is 223. The molecule has 1 N–H and O–H groups in total. The Morgan fingerprint density at radius 1 is 1.45 bits per heavy atom. The lowest BCUT2D eigenvalue weighted by Crippen LogP contribution is -2.20. The van der Waals surface area contributed by atoms with Crippen LogP contribution >= 0.6 is 0 Å². The molecule has 1 rings (SSSR count). The van der Waals surface area contributed by atoms with Gasteiger partial charge < -0.3 is 0 Å². The molecule has 0 aliphatic rings. The first-order valence-corrected chi connectivity index (χ1v) is 3.11. The second-order valence-electron chi connectivity index (χ2n) is 2.10. The quantitative estimate of drug-likeness (QED) is 0.640. The van der Waals surface area contributed by atoms with Crippen LogP contribution < -0.4 is 5.73 Å². The molecule has 0 aliphatic heterocycles. The zero-order valence-electron chi connectivity index (χ0n) is 5.72. The van der Waals surface area contributed by atoms with Crippen LogP contribution in [0.15, 0.2) is 24.4 Å². The predicted octanol–water partition coefficient (Wildman–Crippen LogP) is 1.46. The molecule has 0 spiro atoms. The molecule has 0 bridgehead atoms. The summed E-state index contributed by atoms with van der Waals surface area (Å²) < 4.78 is 25.3. The minimum Gasteiger partial charge on any atom is -0.255 e. The molecule has 2 nitrogen and oxygen atoms in total. The number of alkyl halides is 2. The van der Waals surface area contributed by atoms with E-state index in [-0.39, 0.29) is 5.69 Å². The van der Waals surface area contributed by atoms with Crippen molar-refractivity contribution in [3.63, 3.8) is 0 Å². The summed E-state index contributed by atoms with van der Waals surface area (Å²) in [6.07, 6.45) is 1.29. The first-order chi connectivity index (χ1) is 5.17. The summed E-state index contributed by atoms with van der Waals surface area (Å²) in [7, 11) is 0. The van der Waals surface area contributed by atoms with Crippen LogP contribution in [0.2, 0.25) is 0 Å². The van der Waals surface area contributed by atoms with Crippen molar-refractivity contribution >= 4 is 0 Å². The number of rotatable bonds is 2. The second-order valence-corrected chi connectivity index (χ2v) is 2.10. The third kappa shape index (κ3) is 1.71. The van der Waals surface area contributed by atoms with E-state index in [1.165, 1.54) is 18.3 Å². The topological polar surface area (TPSA) is 36.7 Å². The van der Waals surface area contributed by atoms with Gasteiger partial charge >= 0.3 is 5.92 Å². The van der Waals surface area contributed by atoms with E-state index in [1.54, 1.807) is 6.07 Å². The van der Waals surface area contributed by atoms with Crippen LogP contribution in [0.3, 0.4) is 0 Å². The maximum Gasteiger partial charge on any atom is 0.303 e. The van der Waals surface area contributed by atoms with Crippen molar-refractivity contribution in [3.8, 4) is 0 Å². The molecule has 1 radical (unpaired) electrons. The average molecular weight is 157 g/mol. The molecule has 1 heterocycles. The predicted molar refractivity (Wildman–Crippen MR) is 36.1 cm³/mol. The average Bonchev–Trinajstić information content (AvgIpc) is 2.06. The molecule has 0 atom stereocenters. The Labute approximate surface area is 63.1 Å². The summed E-state index contributed by atoms with van der Waals surface area (Å²) in [6, 6.07) is 4.25. The molecular formula is C7H7F2N2. The number of nitrogens with zero attached hydrogens (tertiary/aromatic N) is 1. The molecule has 0 aromatic carbocycles. The van der Waals surface area contributed by atoms with Gasteiger partial charge in [-0.3, -0.25) is 10.7 Å². The molecule has 0 saturated heterocycles. The minimum atomic E-state index is -3.11. The highest BCUT2D eigenvalue weighted by molar-refractivity contribution is 5.09. The van der Waals surface area contributed by atoms with Crippen molar-refractivity contribution in [2.75, 3.05) is 6.54 Å². The van der Waals surface area contributed by atoms with Gasteiger partial charge in [-0.25, -0.2) is 0 Å². The van der Waals surface area contributed by atoms with Gasteiger partial charge in [0.05, 0.1) is 6.54 Å². The van der Waals surface area contributed by atoms with Crippen molar-refractivity contribution in [2.24, 2.45) is 0 Å². The van der Waals surface area contributed by atoms with E-state index in [4.69, 9.17) is 5.73 Å². The molecule has 11 heavy (non-hydrogen) atoms. The highest BCUT2D eigenvalue weighted by Crippen LogP contribution is 2.23. The van der Waals surface area contributed by atoms with Gasteiger partial charge in [0.1, 0.15) is 5.69 Å². The van der Waals surface area contributed by atoms with Crippen molar-refractivity contribution < 1.29 is 8.78 Å². The van der Waals surface area contributed by atoms with E-state index in [9.17, 15) is 8.78 Å². The van der Waals surface area contributed by atoms with Gasteiger partial charge in [0.25, 0.3) is 0 Å². The molecule has 0 fully saturated rings. The molecule has 59 valence electrons. The summed E-state index contributed by atoms with van der Waals surface area (Å²) in [5.41, 5.74) is 6.21. The number of pyridine rings is 1. The van der Waals surface area contributed by atoms with Gasteiger partial charge in [-0.1, -0.05) is 6.07 Å². The Balaban J connectivity index is 2.93. The molecule has 1 aromatic rings. The lowest BCUT2D eigenvalue weighted by molar-refractivity contribution is -0.000293. The molecular weight excluding hydrogens is 150 g/mol. The normalized spacial score (nSPS) is 11.5. The van der Waals surface area contributed by atoms with E-state index in [0.717, 1.165) is 0 Å². The third-order valence-electron chi connectivity index (χ3n) is 1.26. The largest absolute Gasteiger partial charge is 0.303 e. The second kappa shape index (κ2) is 2.92. The van der Waals surface area contributed by atoms with Gasteiger partial charge in [0.15, 0.2) is 0 Å². The maximum atomic E-state index is 12.6. The Kier molecular flexibility index (Phi) is 2.14. The summed E-state index contributed by atoms with van der Waals surface area (Å²) in [6.45, 7) is -0.954. The Morgan fingerprint density at radius 2 is 2.18 bits per heavy atom. The fourth-order valence-corrected chi connectivity index (χ4v) is 0.670. The van der Waals surface area contributed by atoms with Gasteiger partial charge in [-0.15, -0.1) is 0 Å². The molecule has 4 heteroatoms. The monoisotopic (exact) mass is 157 g/mol. The maximum absolute atomic E-state index is 12.6. The Morgan fingerprint density at radius 3 is 2.64 bits per heavy atom. The lowest BCUT2D eigenvalue weighted by Gasteiger charge is -2.11. The van der Waals surface area contributed by atoms with Crippen LogP contribution in [0.1, 0.15) is 5.69 Å². The number of aromatic nitrogens is 1. The lowest BCUT2D eigenvalue weighted by atomic mass is 10.2. The zero-order valence-corrected chi connectivity index (χ0v) is 5.72. The standard InChI is InChI=1S/C7H7F2N2/c8-7(9,5-10)6-3-1-2-4-11-6/h1-4,10H,5H2. The highest BCUT2D eigenvalue weighted by Gasteiger charge is 2.30. The summed E-state index contributed by atoms with van der Waals surface area (Å²) >= 11 is 0. The van der Waals surface area contributed by atoms with Crippen molar-refractivity contribution in [2.45, 2.75) is 5.92 Å². The third-order valence-corrected chi connectivity index (χ3v) is 1.26. The first-order valence-electron chi connectivity index (χ1n) is 3.11. The minimum absolute atomic E-state index is 0.338. The van der Waals surface area contributed by atoms with E-state index in [2.05, 4.69) is 4.98 Å². The number of hydrogen-bond acceptors (Lipinski definition) is 1. The van der Waals surface area contributed by atoms with Crippen LogP contribution in [0, 0.1) is 0 Å². The smallest absolute Gasteiger partial charge is 0.255 e. The van der Waals surface area contributed by atoms with Crippen LogP contribution in [0.25, 0.3) is 0 Å². The molecule has 0 aliphatic carbocycles. The van der Waals surface area contributed by atoms with Crippen LogP contribution in [-0.4, -0.2) is 11.5 Å². The molecule has 0 unspecified atom stereocenters. The van der Waals surface area contributed by atoms with E-state index in [1.807, 2.05) is 0 Å². The van der Waals surface area contributed by atoms with Gasteiger partial charge in [0.2, 0.25) is 0 Å². The number of nitrogens with one attached hydrogen (secondary N) is 1. The van der Waals surface area contributed by atoms with Gasteiger partial charge in [0, 0.05) is 6.20 Å². The van der Waals surface area contributed by atoms with Crippen LogP contribution in [0.5, 0.6) is 0 Å². The Hall–Kier alpha value is -1.03. The first kappa shape index (κ1) is 8.07. The van der Waals surface area contributed by atoms with Gasteiger partial charge in [-0.2, -0.15) is 8.78 Å².